The normalized spacial score (nSPS) is 10.7. The van der Waals surface area contributed by atoms with Crippen molar-refractivity contribution >= 4 is 23.5 Å². The number of benzene rings is 2. The first-order valence-electron chi connectivity index (χ1n) is 8.97. The third-order valence-corrected chi connectivity index (χ3v) is 4.32. The number of nitrogens with one attached hydrogen (secondary N) is 1. The molecular formula is C21H16ClFN4O3. The van der Waals surface area contributed by atoms with Gasteiger partial charge in [0.25, 0.3) is 5.91 Å². The minimum absolute atomic E-state index is 0.106. The number of nitrogens with zero attached hydrogens (tertiary/aromatic N) is 3. The van der Waals surface area contributed by atoms with Crippen LogP contribution in [0.15, 0.2) is 71.4 Å². The monoisotopic (exact) mass is 426 g/mol. The lowest BCUT2D eigenvalue weighted by atomic mass is 10.2. The van der Waals surface area contributed by atoms with Gasteiger partial charge in [-0.1, -0.05) is 29.8 Å². The van der Waals surface area contributed by atoms with Crippen LogP contribution < -0.4 is 10.1 Å². The Kier molecular flexibility index (Phi) is 5.76. The van der Waals surface area contributed by atoms with Crippen LogP contribution in [-0.2, 0) is 13.2 Å². The molecule has 2 heterocycles. The lowest BCUT2D eigenvalue weighted by molar-refractivity contribution is 0.0991. The predicted molar refractivity (Wildman–Crippen MR) is 108 cm³/mol. The van der Waals surface area contributed by atoms with Crippen molar-refractivity contribution in [2.75, 3.05) is 5.32 Å². The number of anilines is 1. The first-order valence-corrected chi connectivity index (χ1v) is 9.35. The van der Waals surface area contributed by atoms with Crippen molar-refractivity contribution in [1.29, 1.82) is 0 Å². The maximum absolute atomic E-state index is 13.0. The number of furan rings is 1. The fraction of sp³-hybridized carbons (Fsp3) is 0.0952. The highest BCUT2D eigenvalue weighted by molar-refractivity contribution is 6.30. The molecule has 2 aromatic heterocycles. The Balaban J connectivity index is 1.33. The zero-order valence-electron chi connectivity index (χ0n) is 15.6. The molecule has 1 N–H and O–H groups in total. The van der Waals surface area contributed by atoms with Crippen LogP contribution >= 0.6 is 11.6 Å². The second kappa shape index (κ2) is 8.79. The first kappa shape index (κ1) is 19.7. The van der Waals surface area contributed by atoms with Gasteiger partial charge in [-0.15, -0.1) is 5.10 Å². The molecule has 4 aromatic rings. The van der Waals surface area contributed by atoms with E-state index in [9.17, 15) is 9.18 Å². The summed E-state index contributed by atoms with van der Waals surface area (Å²) < 4.78 is 25.6. The molecule has 152 valence electrons. The van der Waals surface area contributed by atoms with Crippen LogP contribution in [0.2, 0.25) is 5.02 Å². The molecule has 0 unspecified atom stereocenters. The molecule has 2 aromatic carbocycles. The van der Waals surface area contributed by atoms with Crippen LogP contribution in [0.25, 0.3) is 0 Å². The van der Waals surface area contributed by atoms with E-state index in [1.807, 2.05) is 0 Å². The molecule has 0 saturated carbocycles. The molecule has 9 heteroatoms. The molecule has 0 aliphatic heterocycles. The molecule has 0 bridgehead atoms. The van der Waals surface area contributed by atoms with E-state index in [4.69, 9.17) is 20.8 Å². The first-order chi connectivity index (χ1) is 14.5. The zero-order chi connectivity index (χ0) is 20.9. The maximum atomic E-state index is 13.0. The highest BCUT2D eigenvalue weighted by Gasteiger charge is 2.14. The Labute approximate surface area is 176 Å². The second-order valence-corrected chi connectivity index (χ2v) is 6.79. The molecule has 0 spiro atoms. The van der Waals surface area contributed by atoms with E-state index < -0.39 is 5.91 Å². The highest BCUT2D eigenvalue weighted by atomic mass is 35.5. The zero-order valence-corrected chi connectivity index (χ0v) is 16.3. The van der Waals surface area contributed by atoms with E-state index in [0.717, 1.165) is 5.56 Å². The topological polar surface area (TPSA) is 82.2 Å². The van der Waals surface area contributed by atoms with Gasteiger partial charge in [-0.2, -0.15) is 0 Å². The number of carbonyl (C=O) groups excluding carboxylic acids is 1. The van der Waals surface area contributed by atoms with Crippen LogP contribution in [0.4, 0.5) is 10.3 Å². The molecule has 0 saturated heterocycles. The van der Waals surface area contributed by atoms with Crippen LogP contribution in [0.3, 0.4) is 0 Å². The molecule has 30 heavy (non-hydrogen) atoms. The molecule has 0 aliphatic rings. The Bertz CT molecular complexity index is 1160. The van der Waals surface area contributed by atoms with Crippen LogP contribution in [-0.4, -0.2) is 20.7 Å². The van der Waals surface area contributed by atoms with Gasteiger partial charge in [0, 0.05) is 5.02 Å². The number of hydrogen-bond acceptors (Lipinski definition) is 5. The van der Waals surface area contributed by atoms with Gasteiger partial charge in [-0.05, 0) is 48.0 Å². The number of hydrogen-bond donors (Lipinski definition) is 1. The fourth-order valence-electron chi connectivity index (χ4n) is 2.66. The molecule has 0 aliphatic carbocycles. The summed E-state index contributed by atoms with van der Waals surface area (Å²) in [5.74, 6) is 0.533. The Hall–Kier alpha value is -3.65. The predicted octanol–water partition coefficient (Wildman–Crippen LogP) is 4.54. The molecule has 0 fully saturated rings. The summed E-state index contributed by atoms with van der Waals surface area (Å²) in [6.45, 7) is 0.549. The average Bonchev–Trinajstić information content (AvgIpc) is 3.38. The number of amides is 1. The summed E-state index contributed by atoms with van der Waals surface area (Å²) in [6.07, 6.45) is 1.48. The Morgan fingerprint density at radius 3 is 2.80 bits per heavy atom. The van der Waals surface area contributed by atoms with E-state index in [1.54, 1.807) is 48.5 Å². The molecule has 0 radical (unpaired) electrons. The minimum Gasteiger partial charge on any atom is -0.486 e. The summed E-state index contributed by atoms with van der Waals surface area (Å²) in [7, 11) is 0. The second-order valence-electron chi connectivity index (χ2n) is 6.36. The van der Waals surface area contributed by atoms with Crippen molar-refractivity contribution in [2.24, 2.45) is 0 Å². The third kappa shape index (κ3) is 5.03. The summed E-state index contributed by atoms with van der Waals surface area (Å²) >= 11 is 5.92. The van der Waals surface area contributed by atoms with E-state index >= 15 is 0 Å². The fourth-order valence-corrected chi connectivity index (χ4v) is 2.84. The van der Waals surface area contributed by atoms with Gasteiger partial charge >= 0.3 is 0 Å². The summed E-state index contributed by atoms with van der Waals surface area (Å²) in [5, 5.41) is 7.33. The molecule has 7 nitrogen and oxygen atoms in total. The van der Waals surface area contributed by atoms with Crippen molar-refractivity contribution in [2.45, 2.75) is 13.2 Å². The number of aromatic nitrogens is 3. The van der Waals surface area contributed by atoms with E-state index in [-0.39, 0.29) is 24.1 Å². The summed E-state index contributed by atoms with van der Waals surface area (Å²) in [5.41, 5.74) is 0.856. The van der Waals surface area contributed by atoms with Gasteiger partial charge in [-0.3, -0.25) is 10.1 Å². The van der Waals surface area contributed by atoms with Crippen molar-refractivity contribution in [3.63, 3.8) is 0 Å². The summed E-state index contributed by atoms with van der Waals surface area (Å²) in [6, 6.07) is 16.2. The van der Waals surface area contributed by atoms with Gasteiger partial charge in [0.2, 0.25) is 5.95 Å². The van der Waals surface area contributed by atoms with Crippen molar-refractivity contribution < 1.29 is 18.3 Å². The van der Waals surface area contributed by atoms with Crippen LogP contribution in [0.5, 0.6) is 5.75 Å². The van der Waals surface area contributed by atoms with Crippen molar-refractivity contribution in [1.82, 2.24) is 14.8 Å². The van der Waals surface area contributed by atoms with Gasteiger partial charge in [-0.25, -0.2) is 14.1 Å². The van der Waals surface area contributed by atoms with Crippen LogP contribution in [0, 0.1) is 5.82 Å². The number of rotatable bonds is 7. The van der Waals surface area contributed by atoms with E-state index in [1.165, 1.54) is 23.1 Å². The van der Waals surface area contributed by atoms with Gasteiger partial charge in [0.15, 0.2) is 5.76 Å². The van der Waals surface area contributed by atoms with Crippen molar-refractivity contribution in [3.8, 4) is 5.75 Å². The largest absolute Gasteiger partial charge is 0.486 e. The number of halogens is 2. The molecule has 0 atom stereocenters. The molecular weight excluding hydrogens is 411 g/mol. The van der Waals surface area contributed by atoms with Crippen LogP contribution in [0.1, 0.15) is 21.9 Å². The number of ether oxygens (including phenoxy) is 1. The molecule has 1 amide bonds. The summed E-state index contributed by atoms with van der Waals surface area (Å²) in [4.78, 5) is 16.4. The quantitative estimate of drug-likeness (QED) is 0.469. The smallest absolute Gasteiger partial charge is 0.293 e. The third-order valence-electron chi connectivity index (χ3n) is 4.08. The van der Waals surface area contributed by atoms with Crippen molar-refractivity contribution in [3.05, 3.63) is 94.9 Å². The molecule has 4 rings (SSSR count). The highest BCUT2D eigenvalue weighted by Crippen LogP contribution is 2.19. The van der Waals surface area contributed by atoms with E-state index in [0.29, 0.717) is 23.1 Å². The SMILES string of the molecule is O=C(Nc1ncn(Cc2ccc(F)cc2)n1)c1ccc(COc2cccc(Cl)c2)o1. The standard InChI is InChI=1S/C21H16ClFN4O3/c22-15-2-1-3-17(10-15)29-12-18-8-9-19(30-18)20(28)25-21-24-13-27(26-21)11-14-4-6-16(23)7-5-14/h1-10,13H,11-12H2,(H,25,26,28). The van der Waals surface area contributed by atoms with Gasteiger partial charge in [0.05, 0.1) is 6.54 Å². The minimum atomic E-state index is -0.483. The van der Waals surface area contributed by atoms with Gasteiger partial charge in [0.1, 0.15) is 30.3 Å². The lowest BCUT2D eigenvalue weighted by Crippen LogP contribution is -2.12. The maximum Gasteiger partial charge on any atom is 0.293 e. The average molecular weight is 427 g/mol. The van der Waals surface area contributed by atoms with Gasteiger partial charge < -0.3 is 9.15 Å². The Morgan fingerprint density at radius 1 is 1.17 bits per heavy atom. The lowest BCUT2D eigenvalue weighted by Gasteiger charge is -2.04. The van der Waals surface area contributed by atoms with E-state index in [2.05, 4.69) is 15.4 Å². The Morgan fingerprint density at radius 2 is 2.00 bits per heavy atom. The number of carbonyl (C=O) groups is 1.